The van der Waals surface area contributed by atoms with E-state index in [1.807, 2.05) is 0 Å². The highest BCUT2D eigenvalue weighted by molar-refractivity contribution is 7.13. The van der Waals surface area contributed by atoms with Gasteiger partial charge in [-0.1, -0.05) is 12.1 Å². The Labute approximate surface area is 174 Å². The summed E-state index contributed by atoms with van der Waals surface area (Å²) in [6.45, 7) is 1.76. The van der Waals surface area contributed by atoms with Crippen LogP contribution >= 0.6 is 11.3 Å². The van der Waals surface area contributed by atoms with Gasteiger partial charge in [-0.15, -0.1) is 11.3 Å². The number of aryl methyl sites for hydroxylation is 1. The number of nitrogens with one attached hydrogen (secondary N) is 1. The first-order chi connectivity index (χ1) is 14.2. The van der Waals surface area contributed by atoms with Gasteiger partial charge in [-0.3, -0.25) is 4.79 Å². The molecule has 0 bridgehead atoms. The second-order valence-electron chi connectivity index (χ2n) is 6.47. The molecule has 1 N–H and O–H groups in total. The number of hydrogen-bond donors (Lipinski definition) is 1. The largest absolute Gasteiger partial charge is 0.465 e. The lowest BCUT2D eigenvalue weighted by atomic mass is 10.1. The highest BCUT2D eigenvalue weighted by Gasteiger charge is 2.30. The van der Waals surface area contributed by atoms with Crippen LogP contribution in [0.25, 0.3) is 10.6 Å². The molecule has 156 valence electrons. The van der Waals surface area contributed by atoms with Gasteiger partial charge in [0.2, 0.25) is 5.91 Å². The zero-order valence-electron chi connectivity index (χ0n) is 16.0. The van der Waals surface area contributed by atoms with Crippen molar-refractivity contribution in [1.82, 2.24) is 4.98 Å². The van der Waals surface area contributed by atoms with Crippen molar-refractivity contribution in [2.75, 3.05) is 12.4 Å². The molecule has 0 aliphatic rings. The lowest BCUT2D eigenvalue weighted by Gasteiger charge is -2.09. The molecule has 5 nitrogen and oxygen atoms in total. The highest BCUT2D eigenvalue weighted by Crippen LogP contribution is 2.31. The molecular formula is C21H17F3N2O3S. The van der Waals surface area contributed by atoms with E-state index in [2.05, 4.69) is 15.0 Å². The Morgan fingerprint density at radius 1 is 1.13 bits per heavy atom. The van der Waals surface area contributed by atoms with Crippen molar-refractivity contribution in [3.05, 3.63) is 70.2 Å². The van der Waals surface area contributed by atoms with Crippen LogP contribution < -0.4 is 5.32 Å². The summed E-state index contributed by atoms with van der Waals surface area (Å²) in [6, 6.07) is 9.52. The van der Waals surface area contributed by atoms with Crippen molar-refractivity contribution in [3.8, 4) is 10.6 Å². The third kappa shape index (κ3) is 5.04. The molecule has 0 saturated carbocycles. The molecule has 3 aromatic rings. The summed E-state index contributed by atoms with van der Waals surface area (Å²) in [5.74, 6) is -0.762. The van der Waals surface area contributed by atoms with Crippen LogP contribution in [0, 0.1) is 6.92 Å². The van der Waals surface area contributed by atoms with E-state index >= 15 is 0 Å². The maximum absolute atomic E-state index is 12.7. The molecule has 0 radical (unpaired) electrons. The van der Waals surface area contributed by atoms with Crippen LogP contribution in [0.3, 0.4) is 0 Å². The Kier molecular flexibility index (Phi) is 6.21. The van der Waals surface area contributed by atoms with E-state index in [0.717, 1.165) is 12.1 Å². The van der Waals surface area contributed by atoms with Crippen LogP contribution in [0.1, 0.15) is 27.2 Å². The van der Waals surface area contributed by atoms with E-state index < -0.39 is 17.7 Å². The average Bonchev–Trinajstić information content (AvgIpc) is 3.16. The minimum Gasteiger partial charge on any atom is -0.465 e. The lowest BCUT2D eigenvalue weighted by molar-refractivity contribution is -0.137. The third-order valence-corrected chi connectivity index (χ3v) is 5.21. The Bertz CT molecular complexity index is 1080. The van der Waals surface area contributed by atoms with Crippen molar-refractivity contribution < 1.29 is 27.5 Å². The molecule has 0 atom stereocenters. The van der Waals surface area contributed by atoms with Gasteiger partial charge in [-0.2, -0.15) is 13.2 Å². The van der Waals surface area contributed by atoms with E-state index in [0.29, 0.717) is 33.1 Å². The van der Waals surface area contributed by atoms with Crippen LogP contribution in [0.4, 0.5) is 18.9 Å². The summed E-state index contributed by atoms with van der Waals surface area (Å²) in [4.78, 5) is 28.2. The first kappa shape index (κ1) is 21.5. The highest BCUT2D eigenvalue weighted by atomic mass is 32.1. The summed E-state index contributed by atoms with van der Waals surface area (Å²) < 4.78 is 42.7. The standard InChI is InChI=1S/C21H17F3N2O3S/c1-12-9-14(20(28)29-2)5-8-17(12)26-18(27)10-16-11-30-19(25-16)13-3-6-15(7-4-13)21(22,23)24/h3-9,11H,10H2,1-2H3,(H,26,27). The number of amides is 1. The molecule has 2 aromatic carbocycles. The minimum absolute atomic E-state index is 0.00925. The zero-order chi connectivity index (χ0) is 21.9. The Morgan fingerprint density at radius 2 is 1.83 bits per heavy atom. The number of aromatic nitrogens is 1. The van der Waals surface area contributed by atoms with E-state index in [1.165, 1.54) is 30.6 Å². The molecular weight excluding hydrogens is 417 g/mol. The van der Waals surface area contributed by atoms with Crippen molar-refractivity contribution in [3.63, 3.8) is 0 Å². The molecule has 1 amide bonds. The number of anilines is 1. The number of halogens is 3. The molecule has 1 heterocycles. The summed E-state index contributed by atoms with van der Waals surface area (Å²) >= 11 is 1.25. The van der Waals surface area contributed by atoms with Gasteiger partial charge in [-0.25, -0.2) is 9.78 Å². The number of carbonyl (C=O) groups is 2. The Hall–Kier alpha value is -3.20. The fourth-order valence-electron chi connectivity index (χ4n) is 2.73. The molecule has 0 spiro atoms. The van der Waals surface area contributed by atoms with Gasteiger partial charge in [0, 0.05) is 16.6 Å². The minimum atomic E-state index is -4.39. The number of nitrogens with zero attached hydrogens (tertiary/aromatic N) is 1. The van der Waals surface area contributed by atoms with Gasteiger partial charge >= 0.3 is 12.1 Å². The number of rotatable bonds is 5. The molecule has 30 heavy (non-hydrogen) atoms. The SMILES string of the molecule is COC(=O)c1ccc(NC(=O)Cc2csc(-c3ccc(C(F)(F)F)cc3)n2)c(C)c1. The summed E-state index contributed by atoms with van der Waals surface area (Å²) in [5.41, 5.74) is 1.98. The molecule has 9 heteroatoms. The first-order valence-electron chi connectivity index (χ1n) is 8.78. The Morgan fingerprint density at radius 3 is 2.43 bits per heavy atom. The van der Waals surface area contributed by atoms with E-state index in [1.54, 1.807) is 30.5 Å². The maximum atomic E-state index is 12.7. The number of alkyl halides is 3. The lowest BCUT2D eigenvalue weighted by Crippen LogP contribution is -2.15. The van der Waals surface area contributed by atoms with Crippen molar-refractivity contribution in [1.29, 1.82) is 0 Å². The van der Waals surface area contributed by atoms with Crippen LogP contribution in [-0.2, 0) is 22.1 Å². The van der Waals surface area contributed by atoms with Gasteiger partial charge in [0.15, 0.2) is 0 Å². The number of carbonyl (C=O) groups excluding carboxylic acids is 2. The molecule has 0 saturated heterocycles. The van der Waals surface area contributed by atoms with Gasteiger partial charge in [0.25, 0.3) is 0 Å². The van der Waals surface area contributed by atoms with Crippen molar-refractivity contribution in [2.45, 2.75) is 19.5 Å². The molecule has 0 aliphatic carbocycles. The predicted octanol–water partition coefficient (Wildman–Crippen LogP) is 5.11. The topological polar surface area (TPSA) is 68.3 Å². The van der Waals surface area contributed by atoms with Gasteiger partial charge in [0.1, 0.15) is 5.01 Å². The predicted molar refractivity (Wildman–Crippen MR) is 107 cm³/mol. The molecule has 0 unspecified atom stereocenters. The van der Waals surface area contributed by atoms with Gasteiger partial charge in [0.05, 0.1) is 30.4 Å². The first-order valence-corrected chi connectivity index (χ1v) is 9.66. The summed E-state index contributed by atoms with van der Waals surface area (Å²) in [7, 11) is 1.29. The number of esters is 1. The second kappa shape index (κ2) is 8.66. The molecule has 0 fully saturated rings. The number of ether oxygens (including phenoxy) is 1. The van der Waals surface area contributed by atoms with Crippen LogP contribution in [-0.4, -0.2) is 24.0 Å². The maximum Gasteiger partial charge on any atom is 0.416 e. The van der Waals surface area contributed by atoms with Crippen molar-refractivity contribution in [2.24, 2.45) is 0 Å². The smallest absolute Gasteiger partial charge is 0.416 e. The fraction of sp³-hybridized carbons (Fsp3) is 0.190. The summed E-state index contributed by atoms with van der Waals surface area (Å²) in [6.07, 6.45) is -4.38. The number of benzene rings is 2. The molecule has 1 aromatic heterocycles. The molecule has 0 aliphatic heterocycles. The summed E-state index contributed by atoms with van der Waals surface area (Å²) in [5, 5.41) is 4.99. The molecule has 3 rings (SSSR count). The number of methoxy groups -OCH3 is 1. The zero-order valence-corrected chi connectivity index (χ0v) is 16.9. The monoisotopic (exact) mass is 434 g/mol. The van der Waals surface area contributed by atoms with Crippen LogP contribution in [0.5, 0.6) is 0 Å². The van der Waals surface area contributed by atoms with E-state index in [-0.39, 0.29) is 12.3 Å². The third-order valence-electron chi connectivity index (χ3n) is 4.27. The second-order valence-corrected chi connectivity index (χ2v) is 7.32. The number of thiazole rings is 1. The van der Waals surface area contributed by atoms with E-state index in [4.69, 9.17) is 0 Å². The van der Waals surface area contributed by atoms with Crippen LogP contribution in [0.15, 0.2) is 47.8 Å². The number of hydrogen-bond acceptors (Lipinski definition) is 5. The normalized spacial score (nSPS) is 11.2. The van der Waals surface area contributed by atoms with Crippen LogP contribution in [0.2, 0.25) is 0 Å². The fourth-order valence-corrected chi connectivity index (χ4v) is 3.56. The van der Waals surface area contributed by atoms with Gasteiger partial charge in [-0.05, 0) is 42.8 Å². The average molecular weight is 434 g/mol. The quantitative estimate of drug-likeness (QED) is 0.567. The Balaban J connectivity index is 1.66. The van der Waals surface area contributed by atoms with Crippen molar-refractivity contribution >= 4 is 28.9 Å². The van der Waals surface area contributed by atoms with Gasteiger partial charge < -0.3 is 10.1 Å². The van der Waals surface area contributed by atoms with E-state index in [9.17, 15) is 22.8 Å².